The normalized spacial score (nSPS) is 33.4. The lowest BCUT2D eigenvalue weighted by Crippen LogP contribution is -2.57. The molecule has 0 saturated carbocycles. The van der Waals surface area contributed by atoms with Gasteiger partial charge in [-0.1, -0.05) is 51.9 Å². The van der Waals surface area contributed by atoms with E-state index in [4.69, 9.17) is 4.74 Å². The lowest BCUT2D eigenvalue weighted by atomic mass is 9.88. The molecule has 0 aromatic rings. The van der Waals surface area contributed by atoms with E-state index in [1.54, 1.807) is 0 Å². The molecular formula is C18H35NO2. The molecule has 3 nitrogen and oxygen atoms in total. The summed E-state index contributed by atoms with van der Waals surface area (Å²) in [5.74, 6) is 0. The Morgan fingerprint density at radius 1 is 1.10 bits per heavy atom. The van der Waals surface area contributed by atoms with Gasteiger partial charge in [0.05, 0.1) is 12.2 Å². The van der Waals surface area contributed by atoms with E-state index in [0.717, 1.165) is 32.2 Å². The van der Waals surface area contributed by atoms with Crippen LogP contribution in [-0.4, -0.2) is 29.6 Å². The van der Waals surface area contributed by atoms with Gasteiger partial charge in [0.1, 0.15) is 5.72 Å². The lowest BCUT2D eigenvalue weighted by Gasteiger charge is -2.46. The Balaban J connectivity index is 1.63. The fraction of sp³-hybridized carbons (Fsp3) is 1.00. The largest absolute Gasteiger partial charge is 0.393 e. The summed E-state index contributed by atoms with van der Waals surface area (Å²) < 4.78 is 6.36. The van der Waals surface area contributed by atoms with Gasteiger partial charge in [0, 0.05) is 6.42 Å². The molecule has 2 aliphatic rings. The van der Waals surface area contributed by atoms with Gasteiger partial charge in [0.25, 0.3) is 0 Å². The van der Waals surface area contributed by atoms with E-state index in [0.29, 0.717) is 0 Å². The molecule has 3 atom stereocenters. The van der Waals surface area contributed by atoms with Gasteiger partial charge in [-0.3, -0.25) is 5.32 Å². The van der Waals surface area contributed by atoms with Crippen molar-refractivity contribution < 1.29 is 9.84 Å². The average molecular weight is 297 g/mol. The molecule has 0 aromatic heterocycles. The first kappa shape index (κ1) is 17.2. The van der Waals surface area contributed by atoms with Crippen molar-refractivity contribution in [1.82, 2.24) is 5.32 Å². The molecule has 1 spiro atoms. The van der Waals surface area contributed by atoms with Crippen LogP contribution < -0.4 is 5.32 Å². The van der Waals surface area contributed by atoms with Crippen LogP contribution in [0.3, 0.4) is 0 Å². The fourth-order valence-corrected chi connectivity index (χ4v) is 3.90. The van der Waals surface area contributed by atoms with Crippen LogP contribution >= 0.6 is 0 Å². The maximum atomic E-state index is 10.2. The predicted octanol–water partition coefficient (Wildman–Crippen LogP) is 4.14. The van der Waals surface area contributed by atoms with Gasteiger partial charge in [0.15, 0.2) is 0 Å². The molecule has 0 aliphatic carbocycles. The van der Waals surface area contributed by atoms with Crippen molar-refractivity contribution in [1.29, 1.82) is 0 Å². The monoisotopic (exact) mass is 297 g/mol. The quantitative estimate of drug-likeness (QED) is 0.662. The Morgan fingerprint density at radius 3 is 2.57 bits per heavy atom. The van der Waals surface area contributed by atoms with Crippen molar-refractivity contribution in [3.8, 4) is 0 Å². The minimum atomic E-state index is -0.207. The second-order valence-electron chi connectivity index (χ2n) is 7.12. The number of hydrogen-bond acceptors (Lipinski definition) is 3. The highest BCUT2D eigenvalue weighted by molar-refractivity contribution is 4.90. The number of hydrogen-bond donors (Lipinski definition) is 2. The zero-order chi connectivity index (χ0) is 15.0. The molecule has 2 rings (SSSR count). The van der Waals surface area contributed by atoms with Gasteiger partial charge in [-0.25, -0.2) is 0 Å². The van der Waals surface area contributed by atoms with Crippen LogP contribution in [-0.2, 0) is 4.74 Å². The van der Waals surface area contributed by atoms with Crippen LogP contribution in [0.25, 0.3) is 0 Å². The molecule has 124 valence electrons. The Bertz CT molecular complexity index is 276. The van der Waals surface area contributed by atoms with E-state index in [-0.39, 0.29) is 17.9 Å². The Labute approximate surface area is 130 Å². The minimum Gasteiger partial charge on any atom is -0.393 e. The Kier molecular flexibility index (Phi) is 7.48. The van der Waals surface area contributed by atoms with Crippen molar-refractivity contribution in [2.24, 2.45) is 0 Å². The van der Waals surface area contributed by atoms with Gasteiger partial charge >= 0.3 is 0 Å². The second kappa shape index (κ2) is 9.12. The number of aliphatic hydroxyl groups is 1. The first-order valence-corrected chi connectivity index (χ1v) is 9.35. The van der Waals surface area contributed by atoms with Crippen molar-refractivity contribution in [2.45, 2.75) is 108 Å². The Morgan fingerprint density at radius 2 is 1.86 bits per heavy atom. The van der Waals surface area contributed by atoms with Gasteiger partial charge < -0.3 is 9.84 Å². The van der Waals surface area contributed by atoms with Gasteiger partial charge in [0.2, 0.25) is 0 Å². The summed E-state index contributed by atoms with van der Waals surface area (Å²) in [5.41, 5.74) is -0.207. The molecule has 0 radical (unpaired) electrons. The van der Waals surface area contributed by atoms with E-state index in [9.17, 15) is 5.11 Å². The van der Waals surface area contributed by atoms with Crippen LogP contribution in [0.2, 0.25) is 0 Å². The fourth-order valence-electron chi connectivity index (χ4n) is 3.90. The van der Waals surface area contributed by atoms with Gasteiger partial charge in [-0.2, -0.15) is 0 Å². The molecule has 2 heterocycles. The highest BCUT2D eigenvalue weighted by Gasteiger charge is 2.41. The third-order valence-corrected chi connectivity index (χ3v) is 5.08. The first-order chi connectivity index (χ1) is 10.2. The molecule has 0 bridgehead atoms. The molecule has 0 amide bonds. The summed E-state index contributed by atoms with van der Waals surface area (Å²) >= 11 is 0. The lowest BCUT2D eigenvalue weighted by molar-refractivity contribution is -0.189. The molecular weight excluding hydrogens is 262 g/mol. The maximum absolute atomic E-state index is 10.2. The smallest absolute Gasteiger partial charge is 0.122 e. The molecule has 2 aliphatic heterocycles. The number of aliphatic hydroxyl groups excluding tert-OH is 1. The molecule has 3 unspecified atom stereocenters. The molecule has 0 aromatic carbocycles. The van der Waals surface area contributed by atoms with Gasteiger partial charge in [-0.15, -0.1) is 0 Å². The summed E-state index contributed by atoms with van der Waals surface area (Å²) in [6, 6.07) is 0. The standard InChI is InChI=1S/C18H35NO2/c1-2-3-4-5-6-7-8-11-17-14-16(20)15-18(21-17)12-9-10-13-19-18/h16-17,19-20H,2-15H2,1H3. The number of ether oxygens (including phenoxy) is 1. The number of piperidine rings is 1. The van der Waals surface area contributed by atoms with Crippen molar-refractivity contribution in [3.63, 3.8) is 0 Å². The van der Waals surface area contributed by atoms with Crippen LogP contribution in [0.1, 0.15) is 90.4 Å². The van der Waals surface area contributed by atoms with E-state index < -0.39 is 0 Å². The highest BCUT2D eigenvalue weighted by atomic mass is 16.5. The number of unbranched alkanes of at least 4 members (excludes halogenated alkanes) is 6. The van der Waals surface area contributed by atoms with Crippen LogP contribution in [0, 0.1) is 0 Å². The maximum Gasteiger partial charge on any atom is 0.122 e. The SMILES string of the molecule is CCCCCCCCCC1CC(O)CC2(CCCCN2)O1. The van der Waals surface area contributed by atoms with Crippen molar-refractivity contribution in [2.75, 3.05) is 6.54 Å². The van der Waals surface area contributed by atoms with E-state index in [1.807, 2.05) is 0 Å². The molecule has 21 heavy (non-hydrogen) atoms. The zero-order valence-electron chi connectivity index (χ0n) is 13.9. The third-order valence-electron chi connectivity index (χ3n) is 5.08. The first-order valence-electron chi connectivity index (χ1n) is 9.35. The number of nitrogens with one attached hydrogen (secondary N) is 1. The molecule has 3 heteroatoms. The van der Waals surface area contributed by atoms with E-state index >= 15 is 0 Å². The predicted molar refractivity (Wildman–Crippen MR) is 87.3 cm³/mol. The van der Waals surface area contributed by atoms with Crippen molar-refractivity contribution >= 4 is 0 Å². The molecule has 2 N–H and O–H groups in total. The van der Waals surface area contributed by atoms with Crippen LogP contribution in [0.15, 0.2) is 0 Å². The summed E-state index contributed by atoms with van der Waals surface area (Å²) in [6.45, 7) is 3.30. The van der Waals surface area contributed by atoms with Crippen LogP contribution in [0.5, 0.6) is 0 Å². The van der Waals surface area contributed by atoms with E-state index in [2.05, 4.69) is 12.2 Å². The zero-order valence-corrected chi connectivity index (χ0v) is 13.9. The third kappa shape index (κ3) is 5.88. The number of rotatable bonds is 8. The minimum absolute atomic E-state index is 0.182. The topological polar surface area (TPSA) is 41.5 Å². The summed E-state index contributed by atoms with van der Waals surface area (Å²) in [6.07, 6.45) is 15.7. The summed E-state index contributed by atoms with van der Waals surface area (Å²) in [5, 5.41) is 13.7. The van der Waals surface area contributed by atoms with Crippen molar-refractivity contribution in [3.05, 3.63) is 0 Å². The van der Waals surface area contributed by atoms with E-state index in [1.165, 1.54) is 57.8 Å². The molecule has 2 saturated heterocycles. The van der Waals surface area contributed by atoms with Gasteiger partial charge in [-0.05, 0) is 38.6 Å². The highest BCUT2D eigenvalue weighted by Crippen LogP contribution is 2.35. The average Bonchev–Trinajstić information content (AvgIpc) is 2.46. The summed E-state index contributed by atoms with van der Waals surface area (Å²) in [4.78, 5) is 0. The Hall–Kier alpha value is -0.120. The molecule has 2 fully saturated rings. The second-order valence-corrected chi connectivity index (χ2v) is 7.12. The summed E-state index contributed by atoms with van der Waals surface area (Å²) in [7, 11) is 0. The van der Waals surface area contributed by atoms with Crippen LogP contribution in [0.4, 0.5) is 0 Å².